The molecule has 2 rings (SSSR count). The van der Waals surface area contributed by atoms with E-state index in [0.29, 0.717) is 16.1 Å². The molecule has 0 bridgehead atoms. The molecule has 1 amide bonds. The van der Waals surface area contributed by atoms with Crippen LogP contribution in [0.2, 0.25) is 5.02 Å². The first-order valence-corrected chi connectivity index (χ1v) is 4.82. The van der Waals surface area contributed by atoms with Crippen molar-refractivity contribution in [2.45, 2.75) is 6.92 Å². The number of carbonyl (C=O) groups excluding carboxylic acids is 1. The van der Waals surface area contributed by atoms with Crippen molar-refractivity contribution in [1.82, 2.24) is 4.98 Å². The summed E-state index contributed by atoms with van der Waals surface area (Å²) in [7, 11) is 0. The van der Waals surface area contributed by atoms with E-state index in [9.17, 15) is 4.79 Å². The number of nitrogens with two attached hydrogens (primary N) is 1. The van der Waals surface area contributed by atoms with Gasteiger partial charge >= 0.3 is 0 Å². The SMILES string of the molecule is Cc1cc(Cl)c2ccc(C(N)=O)cc2n1. The molecule has 2 aromatic rings. The van der Waals surface area contributed by atoms with E-state index in [2.05, 4.69) is 4.98 Å². The fourth-order valence-electron chi connectivity index (χ4n) is 1.46. The molecular weight excluding hydrogens is 212 g/mol. The number of benzene rings is 1. The number of nitrogens with zero attached hydrogens (tertiary/aromatic N) is 1. The number of hydrogen-bond donors (Lipinski definition) is 1. The van der Waals surface area contributed by atoms with Crippen molar-refractivity contribution in [1.29, 1.82) is 0 Å². The topological polar surface area (TPSA) is 56.0 Å². The summed E-state index contributed by atoms with van der Waals surface area (Å²) in [6.07, 6.45) is 0. The first-order chi connectivity index (χ1) is 7.08. The quantitative estimate of drug-likeness (QED) is 0.802. The van der Waals surface area contributed by atoms with E-state index in [-0.39, 0.29) is 0 Å². The number of hydrogen-bond acceptors (Lipinski definition) is 2. The Morgan fingerprint density at radius 3 is 2.80 bits per heavy atom. The van der Waals surface area contributed by atoms with Crippen LogP contribution in [0.4, 0.5) is 0 Å². The van der Waals surface area contributed by atoms with Gasteiger partial charge in [0.15, 0.2) is 0 Å². The van der Waals surface area contributed by atoms with E-state index in [1.165, 1.54) is 0 Å². The first kappa shape index (κ1) is 9.93. The molecule has 15 heavy (non-hydrogen) atoms. The molecule has 0 atom stereocenters. The van der Waals surface area contributed by atoms with Gasteiger partial charge in [0.25, 0.3) is 0 Å². The van der Waals surface area contributed by atoms with E-state index < -0.39 is 5.91 Å². The maximum Gasteiger partial charge on any atom is 0.248 e. The lowest BCUT2D eigenvalue weighted by atomic mass is 10.1. The summed E-state index contributed by atoms with van der Waals surface area (Å²) in [5.74, 6) is -0.462. The standard InChI is InChI=1S/C11H9ClN2O/c1-6-4-9(12)8-3-2-7(11(13)15)5-10(8)14-6/h2-5H,1H3,(H2,13,15). The summed E-state index contributed by atoms with van der Waals surface area (Å²) in [5.41, 5.74) is 7.13. The van der Waals surface area contributed by atoms with Crippen LogP contribution in [-0.2, 0) is 0 Å². The molecule has 2 N–H and O–H groups in total. The van der Waals surface area contributed by atoms with Crippen LogP contribution >= 0.6 is 11.6 Å². The lowest BCUT2D eigenvalue weighted by Gasteiger charge is -2.03. The highest BCUT2D eigenvalue weighted by molar-refractivity contribution is 6.35. The Kier molecular flexibility index (Phi) is 2.32. The Morgan fingerprint density at radius 1 is 1.40 bits per heavy atom. The fourth-order valence-corrected chi connectivity index (χ4v) is 1.78. The zero-order chi connectivity index (χ0) is 11.0. The van der Waals surface area contributed by atoms with Crippen LogP contribution in [0.3, 0.4) is 0 Å². The van der Waals surface area contributed by atoms with Gasteiger partial charge in [-0.25, -0.2) is 0 Å². The van der Waals surface area contributed by atoms with Crippen LogP contribution in [0.25, 0.3) is 10.9 Å². The van der Waals surface area contributed by atoms with Crippen LogP contribution < -0.4 is 5.73 Å². The Morgan fingerprint density at radius 2 is 2.13 bits per heavy atom. The Balaban J connectivity index is 2.76. The van der Waals surface area contributed by atoms with Gasteiger partial charge in [-0.3, -0.25) is 9.78 Å². The molecule has 0 aliphatic carbocycles. The molecule has 1 aromatic heterocycles. The number of pyridine rings is 1. The summed E-state index contributed by atoms with van der Waals surface area (Å²) in [6.45, 7) is 1.85. The molecule has 76 valence electrons. The molecule has 0 unspecified atom stereocenters. The summed E-state index contributed by atoms with van der Waals surface area (Å²) in [5, 5.41) is 1.46. The van der Waals surface area contributed by atoms with Crippen molar-refractivity contribution >= 4 is 28.4 Å². The minimum Gasteiger partial charge on any atom is -0.366 e. The van der Waals surface area contributed by atoms with Crippen molar-refractivity contribution in [2.75, 3.05) is 0 Å². The zero-order valence-electron chi connectivity index (χ0n) is 8.12. The van der Waals surface area contributed by atoms with Gasteiger partial charge in [-0.15, -0.1) is 0 Å². The van der Waals surface area contributed by atoms with Gasteiger partial charge in [-0.2, -0.15) is 0 Å². The number of amides is 1. The number of primary amides is 1. The molecule has 1 aromatic carbocycles. The lowest BCUT2D eigenvalue weighted by molar-refractivity contribution is 0.100. The van der Waals surface area contributed by atoms with Gasteiger partial charge in [-0.1, -0.05) is 17.7 Å². The summed E-state index contributed by atoms with van der Waals surface area (Å²) in [6, 6.07) is 6.84. The average Bonchev–Trinajstić information content (AvgIpc) is 2.16. The third-order valence-electron chi connectivity index (χ3n) is 2.17. The van der Waals surface area contributed by atoms with Crippen molar-refractivity contribution in [3.8, 4) is 0 Å². The van der Waals surface area contributed by atoms with Crippen molar-refractivity contribution in [3.63, 3.8) is 0 Å². The Labute approximate surface area is 91.9 Å². The largest absolute Gasteiger partial charge is 0.366 e. The number of rotatable bonds is 1. The molecule has 0 saturated heterocycles. The smallest absolute Gasteiger partial charge is 0.248 e. The average molecular weight is 221 g/mol. The number of aryl methyl sites for hydroxylation is 1. The minimum atomic E-state index is -0.462. The lowest BCUT2D eigenvalue weighted by Crippen LogP contribution is -2.10. The monoisotopic (exact) mass is 220 g/mol. The van der Waals surface area contributed by atoms with Gasteiger partial charge in [0.05, 0.1) is 10.5 Å². The van der Waals surface area contributed by atoms with E-state index >= 15 is 0 Å². The van der Waals surface area contributed by atoms with Crippen LogP contribution in [-0.4, -0.2) is 10.9 Å². The Bertz CT molecular complexity index is 552. The fraction of sp³-hybridized carbons (Fsp3) is 0.0909. The highest BCUT2D eigenvalue weighted by Crippen LogP contribution is 2.23. The molecule has 0 aliphatic heterocycles. The predicted octanol–water partition coefficient (Wildman–Crippen LogP) is 2.30. The summed E-state index contributed by atoms with van der Waals surface area (Å²) in [4.78, 5) is 15.3. The third-order valence-corrected chi connectivity index (χ3v) is 2.48. The molecule has 3 nitrogen and oxygen atoms in total. The second-order valence-electron chi connectivity index (χ2n) is 3.34. The second-order valence-corrected chi connectivity index (χ2v) is 3.75. The van der Waals surface area contributed by atoms with Crippen LogP contribution in [0, 0.1) is 6.92 Å². The van der Waals surface area contributed by atoms with Crippen molar-refractivity contribution in [3.05, 3.63) is 40.5 Å². The highest BCUT2D eigenvalue weighted by Gasteiger charge is 2.05. The van der Waals surface area contributed by atoms with Gasteiger partial charge in [0.1, 0.15) is 0 Å². The van der Waals surface area contributed by atoms with E-state index in [0.717, 1.165) is 11.1 Å². The number of carbonyl (C=O) groups is 1. The molecule has 0 fully saturated rings. The van der Waals surface area contributed by atoms with Crippen molar-refractivity contribution < 1.29 is 4.79 Å². The third kappa shape index (κ3) is 1.78. The van der Waals surface area contributed by atoms with Gasteiger partial charge < -0.3 is 5.73 Å². The molecule has 0 aliphatic rings. The van der Waals surface area contributed by atoms with Crippen molar-refractivity contribution in [2.24, 2.45) is 5.73 Å². The molecule has 0 saturated carbocycles. The number of aromatic nitrogens is 1. The van der Waals surface area contributed by atoms with Gasteiger partial charge in [0.2, 0.25) is 5.91 Å². The van der Waals surface area contributed by atoms with Crippen LogP contribution in [0.5, 0.6) is 0 Å². The normalized spacial score (nSPS) is 10.5. The Hall–Kier alpha value is -1.61. The van der Waals surface area contributed by atoms with Gasteiger partial charge in [0, 0.05) is 16.6 Å². The van der Waals surface area contributed by atoms with Crippen LogP contribution in [0.1, 0.15) is 16.1 Å². The summed E-state index contributed by atoms with van der Waals surface area (Å²) < 4.78 is 0. The van der Waals surface area contributed by atoms with E-state index in [1.807, 2.05) is 6.92 Å². The second kappa shape index (κ2) is 3.51. The minimum absolute atomic E-state index is 0.441. The zero-order valence-corrected chi connectivity index (χ0v) is 8.88. The molecule has 1 heterocycles. The molecule has 0 radical (unpaired) electrons. The first-order valence-electron chi connectivity index (χ1n) is 4.44. The maximum atomic E-state index is 11.0. The molecular formula is C11H9ClN2O. The van der Waals surface area contributed by atoms with E-state index in [1.54, 1.807) is 24.3 Å². The van der Waals surface area contributed by atoms with Crippen LogP contribution in [0.15, 0.2) is 24.3 Å². The molecule has 0 spiro atoms. The highest BCUT2D eigenvalue weighted by atomic mass is 35.5. The molecule has 4 heteroatoms. The predicted molar refractivity (Wildman–Crippen MR) is 60.0 cm³/mol. The number of fused-ring (bicyclic) bond motifs is 1. The summed E-state index contributed by atoms with van der Waals surface area (Å²) >= 11 is 6.04. The van der Waals surface area contributed by atoms with E-state index in [4.69, 9.17) is 17.3 Å². The number of halogens is 1. The van der Waals surface area contributed by atoms with Gasteiger partial charge in [-0.05, 0) is 25.1 Å². The maximum absolute atomic E-state index is 11.0.